The second kappa shape index (κ2) is 6.51. The van der Waals surface area contributed by atoms with Gasteiger partial charge >= 0.3 is 0 Å². The van der Waals surface area contributed by atoms with E-state index in [9.17, 15) is 8.42 Å². The van der Waals surface area contributed by atoms with Crippen LogP contribution in [-0.2, 0) is 14.8 Å². The van der Waals surface area contributed by atoms with Crippen molar-refractivity contribution in [1.29, 1.82) is 0 Å². The average Bonchev–Trinajstić information content (AvgIpc) is 2.87. The molecule has 0 amide bonds. The van der Waals surface area contributed by atoms with Gasteiger partial charge in [-0.15, -0.1) is 0 Å². The lowest BCUT2D eigenvalue weighted by atomic mass is 10.2. The molecule has 0 saturated heterocycles. The first-order valence-electron chi connectivity index (χ1n) is 6.57. The fraction of sp³-hybridized carbons (Fsp3) is 0.538. The summed E-state index contributed by atoms with van der Waals surface area (Å²) < 4.78 is 38.9. The van der Waals surface area contributed by atoms with Crippen LogP contribution in [-0.4, -0.2) is 34.8 Å². The average molecular weight is 379 g/mol. The van der Waals surface area contributed by atoms with Crippen LogP contribution in [0, 0.1) is 0 Å². The number of methoxy groups -OCH3 is 2. The van der Waals surface area contributed by atoms with E-state index in [-0.39, 0.29) is 22.8 Å². The number of nitrogen functional groups attached to an aromatic ring is 1. The number of hydrogen-bond acceptors (Lipinski definition) is 5. The van der Waals surface area contributed by atoms with E-state index in [1.54, 1.807) is 13.2 Å². The molecule has 2 atom stereocenters. The van der Waals surface area contributed by atoms with Gasteiger partial charge in [0.2, 0.25) is 10.0 Å². The zero-order valence-corrected chi connectivity index (χ0v) is 14.3. The summed E-state index contributed by atoms with van der Waals surface area (Å²) in [5.74, 6) is 0.246. The third kappa shape index (κ3) is 3.50. The minimum Gasteiger partial charge on any atom is -0.495 e. The summed E-state index contributed by atoms with van der Waals surface area (Å²) in [7, 11) is -0.711. The Bertz CT molecular complexity index is 621. The molecule has 2 rings (SSSR count). The fourth-order valence-electron chi connectivity index (χ4n) is 2.53. The topological polar surface area (TPSA) is 90.7 Å². The highest BCUT2D eigenvalue weighted by Gasteiger charge is 2.32. The predicted octanol–water partition coefficient (Wildman–Crippen LogP) is 1.89. The quantitative estimate of drug-likeness (QED) is 0.763. The summed E-state index contributed by atoms with van der Waals surface area (Å²) in [6.45, 7) is 0. The van der Waals surface area contributed by atoms with Gasteiger partial charge in [0.25, 0.3) is 0 Å². The first-order valence-corrected chi connectivity index (χ1v) is 8.84. The van der Waals surface area contributed by atoms with E-state index in [1.807, 2.05) is 0 Å². The second-order valence-electron chi connectivity index (χ2n) is 4.96. The van der Waals surface area contributed by atoms with Crippen molar-refractivity contribution in [2.45, 2.75) is 36.3 Å². The minimum atomic E-state index is -3.72. The van der Waals surface area contributed by atoms with Gasteiger partial charge in [-0.1, -0.05) is 0 Å². The summed E-state index contributed by atoms with van der Waals surface area (Å²) >= 11 is 3.26. The standard InChI is InChI=1S/C13H19BrN2O4S/c1-19-11-5-3-4-10(11)16-21(17,18)13-7-9(15)8(14)6-12(13)20-2/h6-7,10-11,16H,3-5,15H2,1-2H3. The minimum absolute atomic E-state index is 0.0347. The molecule has 1 fully saturated rings. The van der Waals surface area contributed by atoms with Crippen molar-refractivity contribution in [3.05, 3.63) is 16.6 Å². The predicted molar refractivity (Wildman–Crippen MR) is 83.9 cm³/mol. The molecule has 1 saturated carbocycles. The lowest BCUT2D eigenvalue weighted by molar-refractivity contribution is 0.0916. The number of anilines is 1. The first kappa shape index (κ1) is 16.5. The van der Waals surface area contributed by atoms with Gasteiger partial charge < -0.3 is 15.2 Å². The number of benzene rings is 1. The number of halogens is 1. The van der Waals surface area contributed by atoms with Gasteiger partial charge in [-0.05, 0) is 47.3 Å². The molecule has 1 aliphatic carbocycles. The van der Waals surface area contributed by atoms with E-state index in [1.165, 1.54) is 13.2 Å². The van der Waals surface area contributed by atoms with Gasteiger partial charge in [0.15, 0.2) is 0 Å². The first-order chi connectivity index (χ1) is 9.89. The molecule has 3 N–H and O–H groups in total. The Hall–Kier alpha value is -0.830. The van der Waals surface area contributed by atoms with E-state index in [0.29, 0.717) is 10.2 Å². The van der Waals surface area contributed by atoms with Gasteiger partial charge in [-0.3, -0.25) is 0 Å². The number of nitrogens with two attached hydrogens (primary N) is 1. The highest BCUT2D eigenvalue weighted by molar-refractivity contribution is 9.10. The normalized spacial score (nSPS) is 22.4. The largest absolute Gasteiger partial charge is 0.495 e. The van der Waals surface area contributed by atoms with Gasteiger partial charge in [0, 0.05) is 23.3 Å². The summed E-state index contributed by atoms with van der Waals surface area (Å²) in [5, 5.41) is 0. The zero-order valence-electron chi connectivity index (χ0n) is 11.9. The number of nitrogens with one attached hydrogen (secondary N) is 1. The fourth-order valence-corrected chi connectivity index (χ4v) is 4.33. The van der Waals surface area contributed by atoms with Crippen LogP contribution in [0.5, 0.6) is 5.75 Å². The van der Waals surface area contributed by atoms with Crippen molar-refractivity contribution in [3.8, 4) is 5.75 Å². The van der Waals surface area contributed by atoms with Gasteiger partial charge in [0.1, 0.15) is 10.6 Å². The van der Waals surface area contributed by atoms with Crippen LogP contribution in [0.3, 0.4) is 0 Å². The van der Waals surface area contributed by atoms with E-state index < -0.39 is 10.0 Å². The Labute approximate surface area is 133 Å². The number of rotatable bonds is 5. The van der Waals surface area contributed by atoms with Crippen LogP contribution in [0.25, 0.3) is 0 Å². The molecular formula is C13H19BrN2O4S. The number of ether oxygens (including phenoxy) is 2. The van der Waals surface area contributed by atoms with E-state index >= 15 is 0 Å². The molecule has 0 spiro atoms. The molecule has 0 aliphatic heterocycles. The van der Waals surface area contributed by atoms with E-state index in [4.69, 9.17) is 15.2 Å². The highest BCUT2D eigenvalue weighted by Crippen LogP contribution is 2.33. The molecule has 118 valence electrons. The molecule has 0 heterocycles. The maximum Gasteiger partial charge on any atom is 0.244 e. The molecule has 6 nitrogen and oxygen atoms in total. The molecular weight excluding hydrogens is 360 g/mol. The maximum atomic E-state index is 12.6. The van der Waals surface area contributed by atoms with Crippen molar-refractivity contribution in [2.24, 2.45) is 0 Å². The molecule has 1 aliphatic rings. The van der Waals surface area contributed by atoms with Crippen molar-refractivity contribution >= 4 is 31.6 Å². The van der Waals surface area contributed by atoms with Crippen LogP contribution < -0.4 is 15.2 Å². The Morgan fingerprint density at radius 3 is 2.67 bits per heavy atom. The molecule has 0 radical (unpaired) electrons. The third-order valence-corrected chi connectivity index (χ3v) is 5.83. The number of sulfonamides is 1. The Kier molecular flexibility index (Phi) is 5.13. The van der Waals surface area contributed by atoms with Crippen molar-refractivity contribution in [1.82, 2.24) is 4.72 Å². The van der Waals surface area contributed by atoms with Crippen LogP contribution in [0.2, 0.25) is 0 Å². The molecule has 1 aromatic carbocycles. The number of hydrogen-bond donors (Lipinski definition) is 2. The lowest BCUT2D eigenvalue weighted by Gasteiger charge is -2.20. The molecule has 8 heteroatoms. The van der Waals surface area contributed by atoms with E-state index in [2.05, 4.69) is 20.7 Å². The summed E-state index contributed by atoms with van der Waals surface area (Å²) in [4.78, 5) is 0.0347. The molecule has 1 aromatic rings. The molecule has 2 unspecified atom stereocenters. The molecule has 21 heavy (non-hydrogen) atoms. The van der Waals surface area contributed by atoms with Gasteiger partial charge in [0.05, 0.1) is 13.2 Å². The van der Waals surface area contributed by atoms with Crippen LogP contribution >= 0.6 is 15.9 Å². The van der Waals surface area contributed by atoms with Crippen molar-refractivity contribution in [3.63, 3.8) is 0 Å². The highest BCUT2D eigenvalue weighted by atomic mass is 79.9. The van der Waals surface area contributed by atoms with Crippen LogP contribution in [0.4, 0.5) is 5.69 Å². The van der Waals surface area contributed by atoms with Gasteiger partial charge in [-0.2, -0.15) is 0 Å². The molecule has 0 bridgehead atoms. The van der Waals surface area contributed by atoms with Crippen molar-refractivity contribution < 1.29 is 17.9 Å². The monoisotopic (exact) mass is 378 g/mol. The third-order valence-electron chi connectivity index (χ3n) is 3.63. The summed E-state index contributed by atoms with van der Waals surface area (Å²) in [6, 6.07) is 2.71. The summed E-state index contributed by atoms with van der Waals surface area (Å²) in [6.07, 6.45) is 2.44. The Morgan fingerprint density at radius 2 is 2.05 bits per heavy atom. The summed E-state index contributed by atoms with van der Waals surface area (Å²) in [5.41, 5.74) is 6.12. The van der Waals surface area contributed by atoms with Crippen LogP contribution in [0.15, 0.2) is 21.5 Å². The Balaban J connectivity index is 2.33. The van der Waals surface area contributed by atoms with Crippen molar-refractivity contribution in [2.75, 3.05) is 20.0 Å². The zero-order chi connectivity index (χ0) is 15.6. The Morgan fingerprint density at radius 1 is 1.33 bits per heavy atom. The van der Waals surface area contributed by atoms with Gasteiger partial charge in [-0.25, -0.2) is 13.1 Å². The SMILES string of the molecule is COc1cc(Br)c(N)cc1S(=O)(=O)NC1CCCC1OC. The lowest BCUT2D eigenvalue weighted by Crippen LogP contribution is -2.40. The van der Waals surface area contributed by atoms with Crippen LogP contribution in [0.1, 0.15) is 19.3 Å². The van der Waals surface area contributed by atoms with E-state index in [0.717, 1.165) is 19.3 Å². The second-order valence-corrected chi connectivity index (χ2v) is 7.49. The maximum absolute atomic E-state index is 12.6. The smallest absolute Gasteiger partial charge is 0.244 e. The molecule has 0 aromatic heterocycles.